The number of hydrogen-bond donors (Lipinski definition) is 1. The number of ether oxygens (including phenoxy) is 1. The summed E-state index contributed by atoms with van der Waals surface area (Å²) in [5, 5.41) is 7.42. The molecule has 0 fully saturated rings. The van der Waals surface area contributed by atoms with Gasteiger partial charge in [-0.1, -0.05) is 0 Å². The highest BCUT2D eigenvalue weighted by Crippen LogP contribution is 2.28. The van der Waals surface area contributed by atoms with Crippen LogP contribution in [0.5, 0.6) is 5.75 Å². The fourth-order valence-corrected chi connectivity index (χ4v) is 3.29. The van der Waals surface area contributed by atoms with Crippen LogP contribution in [-0.2, 0) is 14.3 Å². The number of nitrogens with zero attached hydrogens (tertiary/aromatic N) is 2. The van der Waals surface area contributed by atoms with Gasteiger partial charge in [0.05, 0.1) is 12.7 Å². The maximum absolute atomic E-state index is 11.9. The van der Waals surface area contributed by atoms with Crippen LogP contribution in [0.4, 0.5) is 0 Å². The topological polar surface area (TPSA) is 77.3 Å². The van der Waals surface area contributed by atoms with Crippen molar-refractivity contribution < 1.29 is 17.3 Å². The highest BCUT2D eigenvalue weighted by atomic mass is 32.2. The fraction of sp³-hybridized carbons (Fsp3) is 0.200. The standard InChI is InChI=1S/C10H12N2O4S2/c1-15-8-3-5-9(6-4-8)18(13,14)16-10-12-11-7-17(10)2/h3-7,17H,1-2H3. The quantitative estimate of drug-likeness (QED) is 0.672. The molecule has 0 aromatic heterocycles. The molecule has 1 atom stereocenters. The molecule has 1 aromatic rings. The van der Waals surface area contributed by atoms with Crippen LogP contribution in [0.15, 0.2) is 39.4 Å². The molecule has 18 heavy (non-hydrogen) atoms. The predicted octanol–water partition coefficient (Wildman–Crippen LogP) is 1.34. The van der Waals surface area contributed by atoms with E-state index in [-0.39, 0.29) is 10.1 Å². The molecule has 8 heteroatoms. The van der Waals surface area contributed by atoms with Crippen LogP contribution in [0, 0.1) is 0 Å². The zero-order valence-corrected chi connectivity index (χ0v) is 11.5. The van der Waals surface area contributed by atoms with E-state index < -0.39 is 21.0 Å². The predicted molar refractivity (Wildman–Crippen MR) is 72.1 cm³/mol. The molecule has 2 rings (SSSR count). The van der Waals surface area contributed by atoms with Gasteiger partial charge in [-0.3, -0.25) is 0 Å². The van der Waals surface area contributed by atoms with Gasteiger partial charge in [0.15, 0.2) is 0 Å². The van der Waals surface area contributed by atoms with E-state index in [0.717, 1.165) is 0 Å². The maximum atomic E-state index is 11.9. The molecule has 0 bridgehead atoms. The van der Waals surface area contributed by atoms with Gasteiger partial charge in [0.2, 0.25) is 0 Å². The molecule has 98 valence electrons. The van der Waals surface area contributed by atoms with Gasteiger partial charge in [-0.2, -0.15) is 8.42 Å². The van der Waals surface area contributed by atoms with E-state index in [9.17, 15) is 8.42 Å². The molecule has 0 spiro atoms. The van der Waals surface area contributed by atoms with Crippen molar-refractivity contribution in [3.63, 3.8) is 0 Å². The summed E-state index contributed by atoms with van der Waals surface area (Å²) in [5.41, 5.74) is 1.58. The van der Waals surface area contributed by atoms with Gasteiger partial charge in [-0.25, -0.2) is 0 Å². The van der Waals surface area contributed by atoms with Crippen molar-refractivity contribution in [1.82, 2.24) is 0 Å². The Kier molecular flexibility index (Phi) is 3.58. The van der Waals surface area contributed by atoms with Gasteiger partial charge in [0.1, 0.15) is 10.6 Å². The van der Waals surface area contributed by atoms with Crippen molar-refractivity contribution in [2.75, 3.05) is 13.4 Å². The van der Waals surface area contributed by atoms with Crippen LogP contribution in [-0.4, -0.2) is 32.6 Å². The van der Waals surface area contributed by atoms with E-state index >= 15 is 0 Å². The summed E-state index contributed by atoms with van der Waals surface area (Å²) in [5.74, 6) is 0.577. The molecule has 0 saturated carbocycles. The Bertz CT molecular complexity index is 593. The summed E-state index contributed by atoms with van der Waals surface area (Å²) in [7, 11) is -3.20. The molecular formula is C10H12N2O4S2. The van der Waals surface area contributed by atoms with Crippen LogP contribution in [0.25, 0.3) is 0 Å². The van der Waals surface area contributed by atoms with Crippen LogP contribution in [0.3, 0.4) is 0 Å². The Hall–Kier alpha value is -1.54. The van der Waals surface area contributed by atoms with E-state index in [1.165, 1.54) is 19.2 Å². The van der Waals surface area contributed by atoms with Gasteiger partial charge < -0.3 is 8.92 Å². The van der Waals surface area contributed by atoms with E-state index in [1.807, 2.05) is 6.26 Å². The summed E-state index contributed by atoms with van der Waals surface area (Å²) in [6.45, 7) is 0. The summed E-state index contributed by atoms with van der Waals surface area (Å²) >= 11 is 0. The van der Waals surface area contributed by atoms with E-state index in [1.54, 1.807) is 17.7 Å². The number of hydrogen-bond acceptors (Lipinski definition) is 6. The van der Waals surface area contributed by atoms with E-state index in [4.69, 9.17) is 8.92 Å². The normalized spacial score (nSPS) is 20.6. The molecule has 0 saturated heterocycles. The maximum Gasteiger partial charge on any atom is 0.341 e. The lowest BCUT2D eigenvalue weighted by molar-refractivity contribution is 0.414. The van der Waals surface area contributed by atoms with Gasteiger partial charge >= 0.3 is 10.1 Å². The number of rotatable bonds is 3. The average Bonchev–Trinajstić information content (AvgIpc) is 2.74. The minimum absolute atomic E-state index is 0.0568. The van der Waals surface area contributed by atoms with Gasteiger partial charge in [0.25, 0.3) is 5.23 Å². The second kappa shape index (κ2) is 4.99. The molecule has 0 aliphatic carbocycles. The average molecular weight is 288 g/mol. The Morgan fingerprint density at radius 2 is 1.89 bits per heavy atom. The summed E-state index contributed by atoms with van der Waals surface area (Å²) in [6, 6.07) is 5.95. The molecule has 0 radical (unpaired) electrons. The lowest BCUT2D eigenvalue weighted by Crippen LogP contribution is -2.12. The zero-order valence-electron chi connectivity index (χ0n) is 9.77. The van der Waals surface area contributed by atoms with Crippen molar-refractivity contribution in [3.8, 4) is 5.75 Å². The highest BCUT2D eigenvalue weighted by molar-refractivity contribution is 8.39. The Morgan fingerprint density at radius 3 is 2.39 bits per heavy atom. The number of thiol groups is 1. The third kappa shape index (κ3) is 2.65. The molecular weight excluding hydrogens is 276 g/mol. The molecule has 1 heterocycles. The Balaban J connectivity index is 2.20. The van der Waals surface area contributed by atoms with Crippen molar-refractivity contribution in [1.29, 1.82) is 0 Å². The molecule has 0 N–H and O–H groups in total. The zero-order chi connectivity index (χ0) is 13.2. The number of methoxy groups -OCH3 is 1. The van der Waals surface area contributed by atoms with E-state index in [2.05, 4.69) is 10.2 Å². The van der Waals surface area contributed by atoms with Gasteiger partial charge in [-0.15, -0.1) is 21.1 Å². The second-order valence-electron chi connectivity index (χ2n) is 3.44. The summed E-state index contributed by atoms with van der Waals surface area (Å²) in [4.78, 5) is 0.0568. The largest absolute Gasteiger partial charge is 0.497 e. The minimum Gasteiger partial charge on any atom is -0.497 e. The Morgan fingerprint density at radius 1 is 1.22 bits per heavy atom. The van der Waals surface area contributed by atoms with Crippen molar-refractivity contribution in [3.05, 3.63) is 24.3 Å². The lowest BCUT2D eigenvalue weighted by atomic mass is 10.3. The van der Waals surface area contributed by atoms with Gasteiger partial charge in [0, 0.05) is 0 Å². The molecule has 1 aliphatic heterocycles. The second-order valence-corrected chi connectivity index (χ2v) is 6.82. The van der Waals surface area contributed by atoms with E-state index in [0.29, 0.717) is 5.75 Å². The molecule has 6 nitrogen and oxygen atoms in total. The molecule has 1 unspecified atom stereocenters. The highest BCUT2D eigenvalue weighted by Gasteiger charge is 2.22. The lowest BCUT2D eigenvalue weighted by Gasteiger charge is -2.10. The first-order valence-corrected chi connectivity index (χ1v) is 8.22. The van der Waals surface area contributed by atoms with Crippen molar-refractivity contribution >= 4 is 31.8 Å². The van der Waals surface area contributed by atoms with Crippen LogP contribution in [0.1, 0.15) is 0 Å². The third-order valence-corrected chi connectivity index (χ3v) is 4.79. The molecule has 0 amide bonds. The third-order valence-electron chi connectivity index (χ3n) is 2.20. The Labute approximate surface area is 108 Å². The SMILES string of the molecule is COc1ccc(S(=O)(=O)OC2=NN=C[SH]2C)cc1. The first-order chi connectivity index (χ1) is 8.53. The smallest absolute Gasteiger partial charge is 0.341 e. The first-order valence-electron chi connectivity index (χ1n) is 4.95. The monoisotopic (exact) mass is 288 g/mol. The van der Waals surface area contributed by atoms with Crippen LogP contribution < -0.4 is 4.74 Å². The van der Waals surface area contributed by atoms with Crippen molar-refractivity contribution in [2.24, 2.45) is 10.2 Å². The molecule has 1 aromatic carbocycles. The van der Waals surface area contributed by atoms with Gasteiger partial charge in [-0.05, 0) is 30.5 Å². The van der Waals surface area contributed by atoms with Crippen LogP contribution >= 0.6 is 10.9 Å². The van der Waals surface area contributed by atoms with Crippen LogP contribution in [0.2, 0.25) is 0 Å². The molecule has 1 aliphatic rings. The fourth-order valence-electron chi connectivity index (χ4n) is 1.24. The first kappa shape index (κ1) is 12.9. The number of benzene rings is 1. The van der Waals surface area contributed by atoms with Crippen molar-refractivity contribution in [2.45, 2.75) is 4.90 Å². The summed E-state index contributed by atoms with van der Waals surface area (Å²) in [6.07, 6.45) is 1.81. The minimum atomic E-state index is -3.85. The summed E-state index contributed by atoms with van der Waals surface area (Å²) < 4.78 is 33.8.